The second-order valence-corrected chi connectivity index (χ2v) is 8.28. The Morgan fingerprint density at radius 3 is 2.96 bits per heavy atom. The lowest BCUT2D eigenvalue weighted by molar-refractivity contribution is 0.621. The van der Waals surface area contributed by atoms with Gasteiger partial charge in [0, 0.05) is 17.3 Å². The normalized spacial score (nSPS) is 11.6. The Labute approximate surface area is 163 Å². The van der Waals surface area contributed by atoms with Crippen molar-refractivity contribution in [3.63, 3.8) is 0 Å². The molecule has 1 aromatic carbocycles. The van der Waals surface area contributed by atoms with Gasteiger partial charge in [-0.05, 0) is 35.6 Å². The molecule has 0 aliphatic heterocycles. The van der Waals surface area contributed by atoms with Crippen LogP contribution in [0.25, 0.3) is 16.0 Å². The van der Waals surface area contributed by atoms with Gasteiger partial charge in [0.15, 0.2) is 5.16 Å². The lowest BCUT2D eigenvalue weighted by Gasteiger charge is -2.08. The van der Waals surface area contributed by atoms with Gasteiger partial charge in [0.25, 0.3) is 5.56 Å². The first-order valence-corrected chi connectivity index (χ1v) is 10.7. The van der Waals surface area contributed by atoms with E-state index in [0.717, 1.165) is 44.6 Å². The van der Waals surface area contributed by atoms with E-state index in [9.17, 15) is 4.79 Å². The summed E-state index contributed by atoms with van der Waals surface area (Å²) >= 11 is 9.14. The lowest BCUT2D eigenvalue weighted by atomic mass is 10.2. The zero-order valence-electron chi connectivity index (χ0n) is 14.2. The fraction of sp³-hybridized carbons (Fsp3) is 0.278. The molecule has 3 heterocycles. The van der Waals surface area contributed by atoms with Crippen molar-refractivity contribution < 1.29 is 0 Å². The predicted molar refractivity (Wildman–Crippen MR) is 109 cm³/mol. The Bertz CT molecular complexity index is 1130. The molecule has 5 nitrogen and oxygen atoms in total. The summed E-state index contributed by atoms with van der Waals surface area (Å²) in [6.07, 6.45) is 1.95. The van der Waals surface area contributed by atoms with E-state index in [-0.39, 0.29) is 5.56 Å². The van der Waals surface area contributed by atoms with Gasteiger partial charge in [0.1, 0.15) is 4.70 Å². The number of unbranched alkanes of at least 4 members (excludes halogenated alkanes) is 1. The number of aromatic nitrogens is 4. The fourth-order valence-corrected chi connectivity index (χ4v) is 4.81. The Morgan fingerprint density at radius 1 is 1.27 bits per heavy atom. The van der Waals surface area contributed by atoms with E-state index in [0.29, 0.717) is 12.3 Å². The number of benzene rings is 1. The molecular weight excluding hydrogens is 388 g/mol. The quantitative estimate of drug-likeness (QED) is 0.431. The number of hydrogen-bond donors (Lipinski definition) is 0. The molecule has 0 amide bonds. The van der Waals surface area contributed by atoms with E-state index in [1.165, 1.54) is 11.3 Å². The van der Waals surface area contributed by atoms with Gasteiger partial charge in [-0.25, -0.2) is 0 Å². The van der Waals surface area contributed by atoms with E-state index in [4.69, 9.17) is 11.6 Å². The van der Waals surface area contributed by atoms with Crippen molar-refractivity contribution in [3.8, 4) is 0 Å². The van der Waals surface area contributed by atoms with Crippen LogP contribution < -0.4 is 5.56 Å². The molecule has 0 saturated carbocycles. The van der Waals surface area contributed by atoms with Crippen LogP contribution in [0, 0.1) is 0 Å². The number of thioether (sulfide) groups is 1. The Hall–Kier alpha value is -1.83. The van der Waals surface area contributed by atoms with Crippen LogP contribution in [-0.4, -0.2) is 19.2 Å². The second-order valence-electron chi connectivity index (χ2n) is 5.98. The highest BCUT2D eigenvalue weighted by molar-refractivity contribution is 7.98. The van der Waals surface area contributed by atoms with Crippen molar-refractivity contribution >= 4 is 50.7 Å². The minimum Gasteiger partial charge on any atom is -0.276 e. The maximum Gasteiger partial charge on any atom is 0.272 e. The monoisotopic (exact) mass is 404 g/mol. The average Bonchev–Trinajstić information content (AvgIpc) is 3.27. The number of aryl methyl sites for hydroxylation is 1. The molecule has 4 rings (SSSR count). The van der Waals surface area contributed by atoms with Crippen LogP contribution in [0.5, 0.6) is 0 Å². The van der Waals surface area contributed by atoms with Gasteiger partial charge < -0.3 is 0 Å². The molecule has 0 aliphatic rings. The Balaban J connectivity index is 1.79. The zero-order chi connectivity index (χ0) is 18.1. The molecule has 0 N–H and O–H groups in total. The molecule has 0 spiro atoms. The van der Waals surface area contributed by atoms with Crippen LogP contribution in [-0.2, 0) is 12.3 Å². The third-order valence-electron chi connectivity index (χ3n) is 4.17. The highest BCUT2D eigenvalue weighted by Crippen LogP contribution is 2.27. The molecule has 4 aromatic rings. The van der Waals surface area contributed by atoms with Crippen LogP contribution >= 0.6 is 34.7 Å². The smallest absolute Gasteiger partial charge is 0.272 e. The molecule has 3 aromatic heterocycles. The molecule has 0 unspecified atom stereocenters. The third-order valence-corrected chi connectivity index (χ3v) is 6.30. The summed E-state index contributed by atoms with van der Waals surface area (Å²) in [5.74, 6) is 1.35. The largest absolute Gasteiger partial charge is 0.276 e. The zero-order valence-corrected chi connectivity index (χ0v) is 16.6. The number of fused-ring (bicyclic) bond motifs is 3. The first-order valence-electron chi connectivity index (χ1n) is 8.41. The topological polar surface area (TPSA) is 52.2 Å². The van der Waals surface area contributed by atoms with E-state index in [1.807, 2.05) is 40.1 Å². The molecule has 8 heteroatoms. The summed E-state index contributed by atoms with van der Waals surface area (Å²) in [6.45, 7) is 2.77. The summed E-state index contributed by atoms with van der Waals surface area (Å²) in [5.41, 5.74) is 2.02. The van der Waals surface area contributed by atoms with Gasteiger partial charge in [0.2, 0.25) is 5.78 Å². The van der Waals surface area contributed by atoms with Gasteiger partial charge >= 0.3 is 0 Å². The molecule has 0 aliphatic carbocycles. The summed E-state index contributed by atoms with van der Waals surface area (Å²) < 4.78 is 4.50. The summed E-state index contributed by atoms with van der Waals surface area (Å²) in [4.78, 5) is 12.8. The van der Waals surface area contributed by atoms with Crippen LogP contribution in [0.2, 0.25) is 5.02 Å². The Morgan fingerprint density at radius 2 is 2.15 bits per heavy atom. The highest BCUT2D eigenvalue weighted by Gasteiger charge is 2.17. The predicted octanol–water partition coefficient (Wildman–Crippen LogP) is 4.85. The van der Waals surface area contributed by atoms with Gasteiger partial charge in [-0.3, -0.25) is 13.8 Å². The average molecular weight is 405 g/mol. The lowest BCUT2D eigenvalue weighted by Crippen LogP contribution is -2.22. The molecule has 0 fully saturated rings. The number of rotatable bonds is 6. The van der Waals surface area contributed by atoms with Crippen molar-refractivity contribution in [2.45, 2.75) is 37.2 Å². The summed E-state index contributed by atoms with van der Waals surface area (Å²) in [5, 5.41) is 12.1. The van der Waals surface area contributed by atoms with Gasteiger partial charge in [0.05, 0.1) is 5.52 Å². The SMILES string of the molecule is CCCCn1c(=O)c2sccc2n2c(SCc3cccc(Cl)c3)nnc12. The van der Waals surface area contributed by atoms with E-state index in [2.05, 4.69) is 17.1 Å². The molecule has 0 atom stereocenters. The van der Waals surface area contributed by atoms with Crippen LogP contribution in [0.15, 0.2) is 45.7 Å². The molecule has 0 saturated heterocycles. The maximum atomic E-state index is 12.8. The van der Waals surface area contributed by atoms with Crippen molar-refractivity contribution in [2.75, 3.05) is 0 Å². The standard InChI is InChI=1S/C18H17ClN4OS2/c1-2-3-8-22-16(24)15-14(7-9-25-15)23-17(22)20-21-18(23)26-11-12-5-4-6-13(19)10-12/h4-7,9-10H,2-3,8,11H2,1H3. The van der Waals surface area contributed by atoms with Crippen molar-refractivity contribution in [2.24, 2.45) is 0 Å². The van der Waals surface area contributed by atoms with Crippen LogP contribution in [0.3, 0.4) is 0 Å². The Kier molecular flexibility index (Phi) is 5.02. The molecule has 26 heavy (non-hydrogen) atoms. The first-order chi connectivity index (χ1) is 12.7. The summed E-state index contributed by atoms with van der Waals surface area (Å²) in [6, 6.07) is 9.77. The molecule has 0 bridgehead atoms. The highest BCUT2D eigenvalue weighted by atomic mass is 35.5. The second kappa shape index (κ2) is 7.42. The van der Waals surface area contributed by atoms with Crippen LogP contribution in [0.4, 0.5) is 0 Å². The van der Waals surface area contributed by atoms with Gasteiger partial charge in [-0.15, -0.1) is 21.5 Å². The van der Waals surface area contributed by atoms with E-state index >= 15 is 0 Å². The van der Waals surface area contributed by atoms with Crippen molar-refractivity contribution in [3.05, 3.63) is 56.7 Å². The van der Waals surface area contributed by atoms with Gasteiger partial charge in [-0.2, -0.15) is 0 Å². The summed E-state index contributed by atoms with van der Waals surface area (Å²) in [7, 11) is 0. The van der Waals surface area contributed by atoms with Gasteiger partial charge in [-0.1, -0.05) is 48.8 Å². The van der Waals surface area contributed by atoms with Crippen LogP contribution in [0.1, 0.15) is 25.3 Å². The minimum atomic E-state index is 0.0229. The molecule has 0 radical (unpaired) electrons. The molecular formula is C18H17ClN4OS2. The molecule has 134 valence electrons. The number of thiophene rings is 1. The van der Waals surface area contributed by atoms with Crippen molar-refractivity contribution in [1.29, 1.82) is 0 Å². The first kappa shape index (κ1) is 17.6. The van der Waals surface area contributed by atoms with E-state index in [1.54, 1.807) is 16.3 Å². The number of nitrogens with zero attached hydrogens (tertiary/aromatic N) is 4. The minimum absolute atomic E-state index is 0.0229. The number of halogens is 1. The fourth-order valence-electron chi connectivity index (χ4n) is 2.89. The maximum absolute atomic E-state index is 12.8. The van der Waals surface area contributed by atoms with E-state index < -0.39 is 0 Å². The van der Waals surface area contributed by atoms with Crippen molar-refractivity contribution in [1.82, 2.24) is 19.2 Å². The number of hydrogen-bond acceptors (Lipinski definition) is 5. The third kappa shape index (κ3) is 3.15.